The molecule has 0 aliphatic carbocycles. The maximum Gasteiger partial charge on any atom is 0.410 e. The number of hydrogen-bond acceptors (Lipinski definition) is 6. The van der Waals surface area contributed by atoms with Gasteiger partial charge in [-0.2, -0.15) is 0 Å². The number of pyridine rings is 1. The van der Waals surface area contributed by atoms with Crippen LogP contribution < -0.4 is 15.3 Å². The average molecular weight is 474 g/mol. The molecule has 3 heterocycles. The van der Waals surface area contributed by atoms with Gasteiger partial charge in [-0.15, -0.1) is 5.10 Å². The number of rotatable bonds is 6. The van der Waals surface area contributed by atoms with Crippen molar-refractivity contribution < 1.29 is 14.3 Å². The first kappa shape index (κ1) is 22.5. The Labute approximate surface area is 202 Å². The van der Waals surface area contributed by atoms with E-state index >= 15 is 0 Å². The molecular weight excluding hydrogens is 446 g/mol. The highest BCUT2D eigenvalue weighted by atomic mass is 16.6. The molecule has 1 saturated heterocycles. The van der Waals surface area contributed by atoms with Crippen molar-refractivity contribution in [1.82, 2.24) is 19.1 Å². The largest absolute Gasteiger partial charge is 0.497 e. The Bertz CT molecular complexity index is 1360. The zero-order valence-electron chi connectivity index (χ0n) is 19.5. The molecule has 35 heavy (non-hydrogen) atoms. The fraction of sp³-hybridized carbons (Fsp3) is 0.269. The zero-order chi connectivity index (χ0) is 24.2. The first-order valence-corrected chi connectivity index (χ1v) is 11.5. The van der Waals surface area contributed by atoms with Crippen LogP contribution in [0.2, 0.25) is 0 Å². The summed E-state index contributed by atoms with van der Waals surface area (Å²) in [6.45, 7) is 3.06. The lowest BCUT2D eigenvalue weighted by Gasteiger charge is -2.35. The normalized spacial score (nSPS) is 13.7. The number of benzene rings is 2. The Kier molecular flexibility index (Phi) is 6.38. The molecule has 1 fully saturated rings. The molecule has 1 aliphatic heterocycles. The van der Waals surface area contributed by atoms with Crippen molar-refractivity contribution in [2.24, 2.45) is 0 Å². The van der Waals surface area contributed by atoms with Crippen molar-refractivity contribution >= 4 is 17.4 Å². The quantitative estimate of drug-likeness (QED) is 0.428. The summed E-state index contributed by atoms with van der Waals surface area (Å²) in [4.78, 5) is 29.3. The van der Waals surface area contributed by atoms with Gasteiger partial charge in [-0.05, 0) is 35.4 Å². The third-order valence-corrected chi connectivity index (χ3v) is 6.16. The summed E-state index contributed by atoms with van der Waals surface area (Å²) in [5, 5.41) is 4.47. The first-order valence-electron chi connectivity index (χ1n) is 11.5. The highest BCUT2D eigenvalue weighted by molar-refractivity contribution is 5.68. The summed E-state index contributed by atoms with van der Waals surface area (Å²) in [6, 6.07) is 21.0. The summed E-state index contributed by atoms with van der Waals surface area (Å²) in [5.41, 5.74) is 3.25. The average Bonchev–Trinajstić information content (AvgIpc) is 3.22. The summed E-state index contributed by atoms with van der Waals surface area (Å²) in [6.07, 6.45) is 1.51. The van der Waals surface area contributed by atoms with E-state index < -0.39 is 0 Å². The van der Waals surface area contributed by atoms with Gasteiger partial charge in [0.1, 0.15) is 12.4 Å². The predicted octanol–water partition coefficient (Wildman–Crippen LogP) is 3.01. The summed E-state index contributed by atoms with van der Waals surface area (Å²) < 4.78 is 13.7. The van der Waals surface area contributed by atoms with Gasteiger partial charge in [0.05, 0.1) is 19.3 Å². The van der Waals surface area contributed by atoms with Gasteiger partial charge in [0.15, 0.2) is 5.65 Å². The van der Waals surface area contributed by atoms with Crippen LogP contribution >= 0.6 is 0 Å². The number of carbonyl (C=O) groups is 1. The molecule has 0 bridgehead atoms. The van der Waals surface area contributed by atoms with Crippen LogP contribution in [0.25, 0.3) is 5.65 Å². The van der Waals surface area contributed by atoms with Gasteiger partial charge in [0, 0.05) is 32.4 Å². The van der Waals surface area contributed by atoms with E-state index in [1.165, 1.54) is 4.68 Å². The number of piperazine rings is 1. The van der Waals surface area contributed by atoms with E-state index in [9.17, 15) is 9.59 Å². The lowest BCUT2D eigenvalue weighted by Crippen LogP contribution is -2.49. The highest BCUT2D eigenvalue weighted by Gasteiger charge is 2.23. The predicted molar refractivity (Wildman–Crippen MR) is 132 cm³/mol. The minimum absolute atomic E-state index is 0.194. The van der Waals surface area contributed by atoms with E-state index in [2.05, 4.69) is 10.00 Å². The van der Waals surface area contributed by atoms with Crippen molar-refractivity contribution in [3.63, 3.8) is 0 Å². The molecular formula is C26H27N5O4. The van der Waals surface area contributed by atoms with E-state index in [4.69, 9.17) is 9.47 Å². The molecule has 0 atom stereocenters. The Balaban J connectivity index is 1.22. The first-order chi connectivity index (χ1) is 17.1. The molecule has 0 saturated carbocycles. The Hall–Kier alpha value is -4.27. The van der Waals surface area contributed by atoms with Gasteiger partial charge >= 0.3 is 11.8 Å². The molecule has 1 aliphatic rings. The number of anilines is 1. The fourth-order valence-corrected chi connectivity index (χ4v) is 4.16. The summed E-state index contributed by atoms with van der Waals surface area (Å²) in [5.74, 6) is 0.769. The standard InChI is InChI=1S/C26H27N5O4/c1-34-23-10-7-20(8-11-23)17-31-25(32)30-18-22(9-12-24(30)27-31)28-13-15-29(16-14-28)26(33)35-19-21-5-3-2-4-6-21/h2-12,18H,13-17,19H2,1H3. The van der Waals surface area contributed by atoms with Crippen LogP contribution in [0, 0.1) is 0 Å². The molecule has 2 aromatic heterocycles. The molecule has 9 nitrogen and oxygen atoms in total. The van der Waals surface area contributed by atoms with Crippen LogP contribution in [0.15, 0.2) is 77.7 Å². The number of hydrogen-bond donors (Lipinski definition) is 0. The minimum atomic E-state index is -0.306. The van der Waals surface area contributed by atoms with Crippen LogP contribution in [0.1, 0.15) is 11.1 Å². The molecule has 0 spiro atoms. The molecule has 1 amide bonds. The van der Waals surface area contributed by atoms with Gasteiger partial charge < -0.3 is 19.3 Å². The smallest absolute Gasteiger partial charge is 0.410 e. The number of fused-ring (bicyclic) bond motifs is 1. The molecule has 4 aromatic rings. The van der Waals surface area contributed by atoms with E-state index in [-0.39, 0.29) is 18.4 Å². The monoisotopic (exact) mass is 473 g/mol. The number of methoxy groups -OCH3 is 1. The van der Waals surface area contributed by atoms with Crippen LogP contribution in [0.5, 0.6) is 5.75 Å². The molecule has 5 rings (SSSR count). The Morgan fingerprint density at radius 1 is 0.914 bits per heavy atom. The van der Waals surface area contributed by atoms with Crippen molar-refractivity contribution in [2.45, 2.75) is 13.2 Å². The van der Waals surface area contributed by atoms with E-state index in [0.717, 1.165) is 22.6 Å². The maximum absolute atomic E-state index is 13.0. The summed E-state index contributed by atoms with van der Waals surface area (Å²) in [7, 11) is 1.62. The molecule has 2 aromatic carbocycles. The number of ether oxygens (including phenoxy) is 2. The Morgan fingerprint density at radius 2 is 1.66 bits per heavy atom. The van der Waals surface area contributed by atoms with E-state index in [1.54, 1.807) is 16.4 Å². The van der Waals surface area contributed by atoms with Crippen LogP contribution in [-0.4, -0.2) is 58.5 Å². The lowest BCUT2D eigenvalue weighted by atomic mass is 10.2. The molecule has 0 radical (unpaired) electrons. The van der Waals surface area contributed by atoms with Crippen molar-refractivity contribution in [1.29, 1.82) is 0 Å². The van der Waals surface area contributed by atoms with Crippen LogP contribution in [0.3, 0.4) is 0 Å². The van der Waals surface area contributed by atoms with Gasteiger partial charge in [-0.3, -0.25) is 0 Å². The van der Waals surface area contributed by atoms with Crippen LogP contribution in [0.4, 0.5) is 10.5 Å². The van der Waals surface area contributed by atoms with Gasteiger partial charge in [-0.25, -0.2) is 18.7 Å². The fourth-order valence-electron chi connectivity index (χ4n) is 4.16. The SMILES string of the molecule is COc1ccc(Cn2nc3ccc(N4CCN(C(=O)OCc5ccccc5)CC4)cn3c2=O)cc1. The third kappa shape index (κ3) is 4.98. The molecule has 0 N–H and O–H groups in total. The number of aromatic nitrogens is 3. The zero-order valence-corrected chi connectivity index (χ0v) is 19.5. The lowest BCUT2D eigenvalue weighted by molar-refractivity contribution is 0.0942. The Morgan fingerprint density at radius 3 is 2.37 bits per heavy atom. The maximum atomic E-state index is 13.0. The second-order valence-electron chi connectivity index (χ2n) is 8.42. The van der Waals surface area contributed by atoms with Gasteiger partial charge in [0.2, 0.25) is 0 Å². The van der Waals surface area contributed by atoms with Crippen molar-refractivity contribution in [3.05, 3.63) is 94.5 Å². The number of amides is 1. The highest BCUT2D eigenvalue weighted by Crippen LogP contribution is 2.18. The minimum Gasteiger partial charge on any atom is -0.497 e. The molecule has 0 unspecified atom stereocenters. The second-order valence-corrected chi connectivity index (χ2v) is 8.42. The number of carbonyl (C=O) groups excluding carboxylic acids is 1. The molecule has 9 heteroatoms. The van der Waals surface area contributed by atoms with Crippen molar-refractivity contribution in [2.75, 3.05) is 38.2 Å². The van der Waals surface area contributed by atoms with E-state index in [0.29, 0.717) is 38.4 Å². The van der Waals surface area contributed by atoms with Gasteiger partial charge in [-0.1, -0.05) is 42.5 Å². The van der Waals surface area contributed by atoms with Crippen molar-refractivity contribution in [3.8, 4) is 5.75 Å². The summed E-state index contributed by atoms with van der Waals surface area (Å²) >= 11 is 0. The third-order valence-electron chi connectivity index (χ3n) is 6.16. The van der Waals surface area contributed by atoms with E-state index in [1.807, 2.05) is 72.9 Å². The second kappa shape index (κ2) is 9.92. The number of nitrogens with zero attached hydrogens (tertiary/aromatic N) is 5. The molecule has 180 valence electrons. The van der Waals surface area contributed by atoms with Crippen LogP contribution in [-0.2, 0) is 17.9 Å². The van der Waals surface area contributed by atoms with Gasteiger partial charge in [0.25, 0.3) is 0 Å². The topological polar surface area (TPSA) is 81.3 Å².